The lowest BCUT2D eigenvalue weighted by Gasteiger charge is -2.00. The molecule has 2 nitrogen and oxygen atoms in total. The third kappa shape index (κ3) is 1.62. The molecule has 0 aliphatic rings. The van der Waals surface area contributed by atoms with Crippen LogP contribution in [0, 0.1) is 12.3 Å². The molecule has 0 aromatic carbocycles. The van der Waals surface area contributed by atoms with Crippen molar-refractivity contribution >= 4 is 0 Å². The molecule has 1 aromatic heterocycles. The second kappa shape index (κ2) is 3.25. The van der Waals surface area contributed by atoms with Crippen molar-refractivity contribution in [3.63, 3.8) is 0 Å². The third-order valence-electron chi connectivity index (χ3n) is 1.76. The second-order valence-electron chi connectivity index (χ2n) is 2.53. The average Bonchev–Trinajstić information content (AvgIpc) is 2.50. The lowest BCUT2D eigenvalue weighted by Crippen LogP contribution is -1.90. The number of hydrogen-bond acceptors (Lipinski definition) is 2. The topological polar surface area (TPSA) is 26.0 Å². The molecule has 2 heteroatoms. The van der Waals surface area contributed by atoms with Gasteiger partial charge in [-0.25, -0.2) is 4.98 Å². The van der Waals surface area contributed by atoms with Crippen molar-refractivity contribution in [1.29, 1.82) is 0 Å². The van der Waals surface area contributed by atoms with Gasteiger partial charge in [0.15, 0.2) is 0 Å². The van der Waals surface area contributed by atoms with E-state index in [0.29, 0.717) is 11.8 Å². The Morgan fingerprint density at radius 2 is 2.55 bits per heavy atom. The van der Waals surface area contributed by atoms with E-state index in [1.54, 1.807) is 6.26 Å². The highest BCUT2D eigenvalue weighted by molar-refractivity contribution is 5.15. The summed E-state index contributed by atoms with van der Waals surface area (Å²) in [5, 5.41) is 0. The van der Waals surface area contributed by atoms with Crippen LogP contribution in [0.5, 0.6) is 0 Å². The third-order valence-corrected chi connectivity index (χ3v) is 1.76. The van der Waals surface area contributed by atoms with Gasteiger partial charge in [0.05, 0.1) is 5.69 Å². The number of hydrogen-bond donors (Lipinski definition) is 0. The maximum absolute atomic E-state index is 5.10. The minimum atomic E-state index is 0.375. The fourth-order valence-corrected chi connectivity index (χ4v) is 0.788. The standard InChI is InChI=1S/C9H11NO/c1-4-7(3)8-6-11-9(5-2)10-8/h2,6-7H,4H2,1,3H3. The lowest BCUT2D eigenvalue weighted by molar-refractivity contribution is 0.540. The van der Waals surface area contributed by atoms with Gasteiger partial charge >= 0.3 is 0 Å². The predicted molar refractivity (Wildman–Crippen MR) is 43.1 cm³/mol. The fourth-order valence-electron chi connectivity index (χ4n) is 0.788. The van der Waals surface area contributed by atoms with Crippen molar-refractivity contribution in [3.05, 3.63) is 17.8 Å². The van der Waals surface area contributed by atoms with Crippen LogP contribution in [0.25, 0.3) is 0 Å². The SMILES string of the molecule is C#Cc1nc(C(C)CC)co1. The molecule has 0 amide bonds. The molecule has 0 saturated heterocycles. The van der Waals surface area contributed by atoms with Gasteiger partial charge in [-0.15, -0.1) is 6.42 Å². The van der Waals surface area contributed by atoms with Crippen molar-refractivity contribution in [3.8, 4) is 12.3 Å². The molecule has 0 aliphatic heterocycles. The minimum Gasteiger partial charge on any atom is -0.438 e. The van der Waals surface area contributed by atoms with Gasteiger partial charge in [-0.3, -0.25) is 0 Å². The Morgan fingerprint density at radius 3 is 3.00 bits per heavy atom. The largest absolute Gasteiger partial charge is 0.438 e. The van der Waals surface area contributed by atoms with Crippen LogP contribution in [-0.4, -0.2) is 4.98 Å². The van der Waals surface area contributed by atoms with E-state index < -0.39 is 0 Å². The average molecular weight is 149 g/mol. The van der Waals surface area contributed by atoms with Gasteiger partial charge in [-0.1, -0.05) is 13.8 Å². The summed E-state index contributed by atoms with van der Waals surface area (Å²) in [7, 11) is 0. The van der Waals surface area contributed by atoms with Gasteiger partial charge < -0.3 is 4.42 Å². The molecule has 1 rings (SSSR count). The molecule has 0 radical (unpaired) electrons. The minimum absolute atomic E-state index is 0.375. The van der Waals surface area contributed by atoms with E-state index in [2.05, 4.69) is 24.8 Å². The summed E-state index contributed by atoms with van der Waals surface area (Å²) in [6.45, 7) is 4.20. The first-order valence-electron chi connectivity index (χ1n) is 3.70. The smallest absolute Gasteiger partial charge is 0.273 e. The van der Waals surface area contributed by atoms with Crippen LogP contribution >= 0.6 is 0 Å². The van der Waals surface area contributed by atoms with E-state index in [1.807, 2.05) is 0 Å². The Balaban J connectivity index is 2.82. The van der Waals surface area contributed by atoms with Gasteiger partial charge in [0.25, 0.3) is 5.89 Å². The molecule has 1 atom stereocenters. The first-order valence-corrected chi connectivity index (χ1v) is 3.70. The van der Waals surface area contributed by atoms with Gasteiger partial charge in [0, 0.05) is 5.92 Å². The monoisotopic (exact) mass is 149 g/mol. The van der Waals surface area contributed by atoms with Gasteiger partial charge in [0.1, 0.15) is 6.26 Å². The Hall–Kier alpha value is -1.23. The summed E-state index contributed by atoms with van der Waals surface area (Å²) in [6, 6.07) is 0. The number of aromatic nitrogens is 1. The summed E-state index contributed by atoms with van der Waals surface area (Å²) in [5.74, 6) is 3.16. The highest BCUT2D eigenvalue weighted by atomic mass is 16.3. The maximum atomic E-state index is 5.10. The summed E-state index contributed by atoms with van der Waals surface area (Å²) in [5.41, 5.74) is 0.945. The predicted octanol–water partition coefficient (Wildman–Crippen LogP) is 2.17. The Kier molecular flexibility index (Phi) is 2.32. The van der Waals surface area contributed by atoms with E-state index in [1.165, 1.54) is 0 Å². The van der Waals surface area contributed by atoms with Gasteiger partial charge in [0.2, 0.25) is 0 Å². The number of rotatable bonds is 2. The second-order valence-corrected chi connectivity index (χ2v) is 2.53. The molecule has 0 aliphatic carbocycles. The lowest BCUT2D eigenvalue weighted by atomic mass is 10.1. The van der Waals surface area contributed by atoms with Gasteiger partial charge in [-0.2, -0.15) is 0 Å². The van der Waals surface area contributed by atoms with E-state index in [-0.39, 0.29) is 0 Å². The Bertz CT molecular complexity index is 269. The van der Waals surface area contributed by atoms with Crippen LogP contribution in [0.3, 0.4) is 0 Å². The first kappa shape index (κ1) is 7.87. The van der Waals surface area contributed by atoms with Crippen molar-refractivity contribution < 1.29 is 4.42 Å². The molecule has 0 N–H and O–H groups in total. The maximum Gasteiger partial charge on any atom is 0.273 e. The van der Waals surface area contributed by atoms with Crippen LogP contribution in [0.4, 0.5) is 0 Å². The molecule has 0 saturated carbocycles. The highest BCUT2D eigenvalue weighted by Crippen LogP contribution is 2.16. The van der Waals surface area contributed by atoms with Crippen LogP contribution in [-0.2, 0) is 0 Å². The zero-order chi connectivity index (χ0) is 8.27. The van der Waals surface area contributed by atoms with Crippen LogP contribution in [0.1, 0.15) is 37.8 Å². The van der Waals surface area contributed by atoms with Crippen molar-refractivity contribution in [2.75, 3.05) is 0 Å². The molecule has 1 unspecified atom stereocenters. The van der Waals surface area contributed by atoms with E-state index in [0.717, 1.165) is 12.1 Å². The molecule has 0 bridgehead atoms. The molecule has 0 fully saturated rings. The van der Waals surface area contributed by atoms with Crippen LogP contribution < -0.4 is 0 Å². The summed E-state index contributed by atoms with van der Waals surface area (Å²) in [4.78, 5) is 4.10. The normalized spacial score (nSPS) is 12.5. The van der Waals surface area contributed by atoms with E-state index in [9.17, 15) is 0 Å². The van der Waals surface area contributed by atoms with Crippen molar-refractivity contribution in [2.24, 2.45) is 0 Å². The molecule has 58 valence electrons. The van der Waals surface area contributed by atoms with E-state index in [4.69, 9.17) is 10.8 Å². The molecular weight excluding hydrogens is 138 g/mol. The number of terminal acetylenes is 1. The van der Waals surface area contributed by atoms with Crippen molar-refractivity contribution in [2.45, 2.75) is 26.2 Å². The molecule has 11 heavy (non-hydrogen) atoms. The zero-order valence-corrected chi connectivity index (χ0v) is 6.79. The zero-order valence-electron chi connectivity index (χ0n) is 6.79. The van der Waals surface area contributed by atoms with Crippen molar-refractivity contribution in [1.82, 2.24) is 4.98 Å². The first-order chi connectivity index (χ1) is 5.27. The fraction of sp³-hybridized carbons (Fsp3) is 0.444. The number of oxazole rings is 1. The highest BCUT2D eigenvalue weighted by Gasteiger charge is 2.07. The van der Waals surface area contributed by atoms with Crippen LogP contribution in [0.15, 0.2) is 10.7 Å². The Labute approximate surface area is 66.6 Å². The van der Waals surface area contributed by atoms with E-state index >= 15 is 0 Å². The van der Waals surface area contributed by atoms with Crippen LogP contribution in [0.2, 0.25) is 0 Å². The van der Waals surface area contributed by atoms with Gasteiger partial charge in [-0.05, 0) is 12.3 Å². The summed E-state index contributed by atoms with van der Waals surface area (Å²) < 4.78 is 4.99. The quantitative estimate of drug-likeness (QED) is 0.602. The molecule has 1 aromatic rings. The number of nitrogens with zero attached hydrogens (tertiary/aromatic N) is 1. The summed E-state index contributed by atoms with van der Waals surface area (Å²) >= 11 is 0. The molecule has 1 heterocycles. The molecular formula is C9H11NO. The summed E-state index contributed by atoms with van der Waals surface area (Å²) in [6.07, 6.45) is 7.78. The molecule has 0 spiro atoms. The Morgan fingerprint density at radius 1 is 1.82 bits per heavy atom.